The average molecular weight is 373 g/mol. The van der Waals surface area contributed by atoms with E-state index in [0.717, 1.165) is 37.9 Å². The van der Waals surface area contributed by atoms with E-state index in [0.29, 0.717) is 18.6 Å². The Morgan fingerprint density at radius 1 is 1.15 bits per heavy atom. The minimum absolute atomic E-state index is 0.102. The van der Waals surface area contributed by atoms with Gasteiger partial charge in [0.1, 0.15) is 0 Å². The maximum Gasteiger partial charge on any atom is 0.317 e. The monoisotopic (exact) mass is 372 g/mol. The number of pyridine rings is 1. The quantitative estimate of drug-likeness (QED) is 0.781. The van der Waals surface area contributed by atoms with Gasteiger partial charge >= 0.3 is 6.03 Å². The number of rotatable bonds is 7. The molecule has 0 radical (unpaired) electrons. The fourth-order valence-corrected chi connectivity index (χ4v) is 4.43. The number of hydrogen-bond donors (Lipinski definition) is 1. The predicted octanol–water partition coefficient (Wildman–Crippen LogP) is 4.19. The third kappa shape index (κ3) is 6.49. The first-order valence-corrected chi connectivity index (χ1v) is 10.9. The second-order valence-electron chi connectivity index (χ2n) is 8.30. The van der Waals surface area contributed by atoms with Crippen molar-refractivity contribution in [2.75, 3.05) is 19.6 Å². The van der Waals surface area contributed by atoms with Crippen LogP contribution in [0, 0.1) is 0 Å². The van der Waals surface area contributed by atoms with Crippen molar-refractivity contribution in [2.24, 2.45) is 0 Å². The summed E-state index contributed by atoms with van der Waals surface area (Å²) in [6.07, 6.45) is 14.7. The Morgan fingerprint density at radius 3 is 2.63 bits per heavy atom. The number of nitrogens with one attached hydrogen (secondary N) is 1. The zero-order valence-corrected chi connectivity index (χ0v) is 16.9. The standard InChI is InChI=1S/C22H36N4O/c1-19-8-5-6-15-25(19)16-7-17-26(18-20-11-13-23-14-12-20)22(27)24-21-9-3-2-4-10-21/h11-14,19,21H,2-10,15-18H2,1H3,(H,24,27). The van der Waals surface area contributed by atoms with E-state index < -0.39 is 0 Å². The number of urea groups is 1. The molecule has 27 heavy (non-hydrogen) atoms. The molecule has 3 rings (SSSR count). The van der Waals surface area contributed by atoms with Gasteiger partial charge in [-0.25, -0.2) is 4.79 Å². The molecule has 2 aliphatic rings. The lowest BCUT2D eigenvalue weighted by atomic mass is 9.96. The van der Waals surface area contributed by atoms with E-state index in [1.807, 2.05) is 29.4 Å². The molecule has 2 fully saturated rings. The van der Waals surface area contributed by atoms with Crippen LogP contribution in [0.25, 0.3) is 0 Å². The lowest BCUT2D eigenvalue weighted by Gasteiger charge is -2.34. The van der Waals surface area contributed by atoms with Gasteiger partial charge in [-0.2, -0.15) is 0 Å². The van der Waals surface area contributed by atoms with Crippen molar-refractivity contribution in [3.63, 3.8) is 0 Å². The van der Waals surface area contributed by atoms with Crippen LogP contribution < -0.4 is 5.32 Å². The summed E-state index contributed by atoms with van der Waals surface area (Å²) >= 11 is 0. The number of amides is 2. The van der Waals surface area contributed by atoms with E-state index in [1.165, 1.54) is 45.1 Å². The smallest absolute Gasteiger partial charge is 0.317 e. The Morgan fingerprint density at radius 2 is 1.89 bits per heavy atom. The third-order valence-corrected chi connectivity index (χ3v) is 6.16. The van der Waals surface area contributed by atoms with Gasteiger partial charge in [0, 0.05) is 44.1 Å². The van der Waals surface area contributed by atoms with Crippen LogP contribution >= 0.6 is 0 Å². The predicted molar refractivity (Wildman–Crippen MR) is 110 cm³/mol. The summed E-state index contributed by atoms with van der Waals surface area (Å²) in [6, 6.07) is 5.16. The average Bonchev–Trinajstić information content (AvgIpc) is 2.70. The van der Waals surface area contributed by atoms with Crippen LogP contribution in [0.2, 0.25) is 0 Å². The number of piperidine rings is 1. The highest BCUT2D eigenvalue weighted by Gasteiger charge is 2.21. The molecule has 0 spiro atoms. The number of carbonyl (C=O) groups excluding carboxylic acids is 1. The molecule has 1 aromatic rings. The summed E-state index contributed by atoms with van der Waals surface area (Å²) in [5.41, 5.74) is 1.15. The first-order chi connectivity index (χ1) is 13.2. The molecule has 1 unspecified atom stereocenters. The topological polar surface area (TPSA) is 48.5 Å². The Balaban J connectivity index is 1.54. The van der Waals surface area contributed by atoms with Crippen LogP contribution in [0.1, 0.15) is 70.3 Å². The van der Waals surface area contributed by atoms with Gasteiger partial charge in [0.25, 0.3) is 0 Å². The SMILES string of the molecule is CC1CCCCN1CCCN(Cc1ccncc1)C(=O)NC1CCCCC1. The molecular weight excluding hydrogens is 336 g/mol. The van der Waals surface area contributed by atoms with Gasteiger partial charge in [-0.15, -0.1) is 0 Å². The van der Waals surface area contributed by atoms with E-state index in [9.17, 15) is 4.79 Å². The van der Waals surface area contributed by atoms with E-state index in [-0.39, 0.29) is 6.03 Å². The molecule has 1 saturated carbocycles. The minimum Gasteiger partial charge on any atom is -0.335 e. The number of carbonyl (C=O) groups is 1. The van der Waals surface area contributed by atoms with Crippen LogP contribution in [0.3, 0.4) is 0 Å². The highest BCUT2D eigenvalue weighted by atomic mass is 16.2. The maximum absolute atomic E-state index is 12.9. The van der Waals surface area contributed by atoms with E-state index >= 15 is 0 Å². The van der Waals surface area contributed by atoms with E-state index in [4.69, 9.17) is 0 Å². The maximum atomic E-state index is 12.9. The van der Waals surface area contributed by atoms with Crippen molar-refractivity contribution >= 4 is 6.03 Å². The molecule has 1 saturated heterocycles. The van der Waals surface area contributed by atoms with Gasteiger partial charge in [-0.3, -0.25) is 4.98 Å². The lowest BCUT2D eigenvalue weighted by Crippen LogP contribution is -2.46. The number of hydrogen-bond acceptors (Lipinski definition) is 3. The lowest BCUT2D eigenvalue weighted by molar-refractivity contribution is 0.147. The van der Waals surface area contributed by atoms with Gasteiger partial charge in [0.15, 0.2) is 0 Å². The zero-order valence-electron chi connectivity index (χ0n) is 16.9. The van der Waals surface area contributed by atoms with Crippen molar-refractivity contribution in [1.82, 2.24) is 20.1 Å². The van der Waals surface area contributed by atoms with Crippen molar-refractivity contribution in [3.05, 3.63) is 30.1 Å². The molecule has 150 valence electrons. The molecule has 1 atom stereocenters. The van der Waals surface area contributed by atoms with Crippen molar-refractivity contribution in [1.29, 1.82) is 0 Å². The molecule has 1 aromatic heterocycles. The summed E-state index contributed by atoms with van der Waals surface area (Å²) in [4.78, 5) is 21.6. The Kier molecular flexibility index (Phi) is 7.93. The Hall–Kier alpha value is -1.62. The van der Waals surface area contributed by atoms with Crippen LogP contribution in [0.5, 0.6) is 0 Å². The summed E-state index contributed by atoms with van der Waals surface area (Å²) in [6.45, 7) is 6.11. The highest BCUT2D eigenvalue weighted by Crippen LogP contribution is 2.19. The molecule has 2 heterocycles. The molecule has 1 aliphatic heterocycles. The first-order valence-electron chi connectivity index (χ1n) is 10.9. The van der Waals surface area contributed by atoms with Gasteiger partial charge in [0.2, 0.25) is 0 Å². The van der Waals surface area contributed by atoms with E-state index in [1.54, 1.807) is 0 Å². The van der Waals surface area contributed by atoms with Crippen molar-refractivity contribution < 1.29 is 4.79 Å². The first kappa shape index (κ1) is 20.1. The molecule has 5 nitrogen and oxygen atoms in total. The van der Waals surface area contributed by atoms with Gasteiger partial charge < -0.3 is 15.1 Å². The number of likely N-dealkylation sites (tertiary alicyclic amines) is 1. The van der Waals surface area contributed by atoms with Gasteiger partial charge in [-0.1, -0.05) is 25.7 Å². The van der Waals surface area contributed by atoms with Crippen LogP contribution in [-0.4, -0.2) is 52.5 Å². The van der Waals surface area contributed by atoms with Crippen LogP contribution in [0.15, 0.2) is 24.5 Å². The third-order valence-electron chi connectivity index (χ3n) is 6.16. The molecule has 5 heteroatoms. The minimum atomic E-state index is 0.102. The molecule has 0 bridgehead atoms. The molecule has 0 aromatic carbocycles. The van der Waals surface area contributed by atoms with Crippen LogP contribution in [-0.2, 0) is 6.54 Å². The van der Waals surface area contributed by atoms with Crippen molar-refractivity contribution in [3.8, 4) is 0 Å². The fraction of sp³-hybridized carbons (Fsp3) is 0.727. The summed E-state index contributed by atoms with van der Waals surface area (Å²) in [5, 5.41) is 3.29. The molecular formula is C22H36N4O. The molecule has 1 N–H and O–H groups in total. The highest BCUT2D eigenvalue weighted by molar-refractivity contribution is 5.74. The second-order valence-corrected chi connectivity index (χ2v) is 8.30. The summed E-state index contributed by atoms with van der Waals surface area (Å²) in [5.74, 6) is 0. The summed E-state index contributed by atoms with van der Waals surface area (Å²) in [7, 11) is 0. The Bertz CT molecular complexity index is 559. The summed E-state index contributed by atoms with van der Waals surface area (Å²) < 4.78 is 0. The van der Waals surface area contributed by atoms with Crippen molar-refractivity contribution in [2.45, 2.75) is 83.3 Å². The van der Waals surface area contributed by atoms with E-state index in [2.05, 4.69) is 22.1 Å². The normalized spacial score (nSPS) is 21.7. The molecule has 1 aliphatic carbocycles. The van der Waals surface area contributed by atoms with Crippen LogP contribution in [0.4, 0.5) is 4.79 Å². The Labute approximate surface area is 164 Å². The zero-order chi connectivity index (χ0) is 18.9. The van der Waals surface area contributed by atoms with Gasteiger partial charge in [-0.05, 0) is 63.3 Å². The molecule has 2 amide bonds. The largest absolute Gasteiger partial charge is 0.335 e. The number of nitrogens with zero attached hydrogens (tertiary/aromatic N) is 3. The number of aromatic nitrogens is 1. The second kappa shape index (κ2) is 10.6. The van der Waals surface area contributed by atoms with Gasteiger partial charge in [0.05, 0.1) is 0 Å². The fourth-order valence-electron chi connectivity index (χ4n) is 4.43.